The Bertz CT molecular complexity index is 991. The van der Waals surface area contributed by atoms with Gasteiger partial charge in [0.05, 0.1) is 11.7 Å². The Labute approximate surface area is 201 Å². The number of carbonyl (C=O) groups excluding carboxylic acids is 3. The van der Waals surface area contributed by atoms with Gasteiger partial charge in [-0.3, -0.25) is 14.6 Å². The Morgan fingerprint density at radius 2 is 1.71 bits per heavy atom. The topological polar surface area (TPSA) is 94.6 Å². The van der Waals surface area contributed by atoms with Crippen LogP contribution in [0.1, 0.15) is 62.4 Å². The van der Waals surface area contributed by atoms with Crippen molar-refractivity contribution in [3.63, 3.8) is 0 Å². The zero-order valence-corrected chi connectivity index (χ0v) is 20.6. The van der Waals surface area contributed by atoms with Crippen LogP contribution < -0.4 is 10.6 Å². The molecule has 3 atom stereocenters. The number of nitrogens with zero attached hydrogens (tertiary/aromatic N) is 3. The summed E-state index contributed by atoms with van der Waals surface area (Å²) in [5.41, 5.74) is 2.79. The van der Waals surface area contributed by atoms with Gasteiger partial charge in [0.2, 0.25) is 11.8 Å². The van der Waals surface area contributed by atoms with Crippen LogP contribution in [0.3, 0.4) is 0 Å². The molecule has 0 unspecified atom stereocenters. The number of amides is 4. The fourth-order valence-electron chi connectivity index (χ4n) is 4.07. The molecular formula is C26H35N5O3. The highest BCUT2D eigenvalue weighted by atomic mass is 16.2. The summed E-state index contributed by atoms with van der Waals surface area (Å²) in [7, 11) is 3.23. The summed E-state index contributed by atoms with van der Waals surface area (Å²) in [6, 6.07) is 11.6. The largest absolute Gasteiger partial charge is 0.342 e. The second-order valence-electron chi connectivity index (χ2n) is 9.28. The molecule has 2 aromatic rings. The Kier molecular flexibility index (Phi) is 8.26. The molecule has 3 rings (SSSR count). The van der Waals surface area contributed by atoms with Crippen LogP contribution in [0.2, 0.25) is 0 Å². The Morgan fingerprint density at radius 1 is 1.00 bits per heavy atom. The van der Waals surface area contributed by atoms with Crippen LogP contribution in [0.25, 0.3) is 0 Å². The van der Waals surface area contributed by atoms with Gasteiger partial charge in [-0.2, -0.15) is 0 Å². The lowest BCUT2D eigenvalue weighted by molar-refractivity contribution is -0.139. The zero-order valence-electron chi connectivity index (χ0n) is 20.6. The molecule has 34 heavy (non-hydrogen) atoms. The smallest absolute Gasteiger partial charge is 0.317 e. The number of pyridine rings is 1. The number of rotatable bonds is 7. The van der Waals surface area contributed by atoms with Crippen molar-refractivity contribution in [1.29, 1.82) is 0 Å². The molecule has 1 fully saturated rings. The lowest BCUT2D eigenvalue weighted by Crippen LogP contribution is -2.54. The number of nitrogens with one attached hydrogen (secondary N) is 2. The summed E-state index contributed by atoms with van der Waals surface area (Å²) in [6.07, 6.45) is 3.16. The van der Waals surface area contributed by atoms with E-state index in [2.05, 4.69) is 29.5 Å². The average Bonchev–Trinajstić information content (AvgIpc) is 3.32. The van der Waals surface area contributed by atoms with E-state index in [4.69, 9.17) is 0 Å². The third-order valence-corrected chi connectivity index (χ3v) is 6.15. The molecule has 2 heterocycles. The molecular weight excluding hydrogens is 430 g/mol. The molecule has 8 nitrogen and oxygen atoms in total. The highest BCUT2D eigenvalue weighted by Crippen LogP contribution is 2.25. The van der Waals surface area contributed by atoms with E-state index < -0.39 is 18.1 Å². The molecule has 1 aromatic carbocycles. The van der Waals surface area contributed by atoms with Crippen LogP contribution in [-0.2, 0) is 9.59 Å². The molecule has 1 aliphatic rings. The van der Waals surface area contributed by atoms with Crippen molar-refractivity contribution in [3.8, 4) is 0 Å². The first-order valence-corrected chi connectivity index (χ1v) is 11.8. The van der Waals surface area contributed by atoms with Gasteiger partial charge in [0.25, 0.3) is 0 Å². The first kappa shape index (κ1) is 25.2. The van der Waals surface area contributed by atoms with Crippen LogP contribution in [0.4, 0.5) is 4.79 Å². The van der Waals surface area contributed by atoms with Crippen molar-refractivity contribution in [2.24, 2.45) is 0 Å². The molecule has 2 N–H and O–H groups in total. The minimum atomic E-state index is -0.724. The molecule has 0 spiro atoms. The predicted octanol–water partition coefficient (Wildman–Crippen LogP) is 3.06. The second-order valence-corrected chi connectivity index (χ2v) is 9.28. The highest BCUT2D eigenvalue weighted by Gasteiger charge is 2.37. The maximum absolute atomic E-state index is 13.4. The van der Waals surface area contributed by atoms with E-state index in [0.29, 0.717) is 18.9 Å². The monoisotopic (exact) mass is 465 g/mol. The fraction of sp³-hybridized carbons (Fsp3) is 0.462. The minimum absolute atomic E-state index is 0.222. The van der Waals surface area contributed by atoms with Gasteiger partial charge in [0.15, 0.2) is 0 Å². The van der Waals surface area contributed by atoms with Gasteiger partial charge in [-0.15, -0.1) is 0 Å². The van der Waals surface area contributed by atoms with Gasteiger partial charge in [-0.1, -0.05) is 50.2 Å². The van der Waals surface area contributed by atoms with Crippen molar-refractivity contribution in [1.82, 2.24) is 25.4 Å². The van der Waals surface area contributed by atoms with E-state index in [9.17, 15) is 14.4 Å². The SMILES string of the molecule is CC(C)c1ccc([C@@H](NC(=O)[C@@H]2CCCN2C(=O)[C@@H](C)NC(=O)N(C)C)c2ccccc2)nc1. The summed E-state index contributed by atoms with van der Waals surface area (Å²) in [6.45, 7) is 6.35. The lowest BCUT2D eigenvalue weighted by Gasteiger charge is -2.29. The van der Waals surface area contributed by atoms with E-state index in [1.54, 1.807) is 25.9 Å². The summed E-state index contributed by atoms with van der Waals surface area (Å²) in [5, 5.41) is 5.81. The van der Waals surface area contributed by atoms with Gasteiger partial charge < -0.3 is 20.4 Å². The number of hydrogen-bond donors (Lipinski definition) is 2. The van der Waals surface area contributed by atoms with Gasteiger partial charge in [-0.05, 0) is 42.9 Å². The van der Waals surface area contributed by atoms with Gasteiger partial charge in [0, 0.05) is 26.8 Å². The van der Waals surface area contributed by atoms with E-state index in [1.165, 1.54) is 4.90 Å². The third-order valence-electron chi connectivity index (χ3n) is 6.15. The van der Waals surface area contributed by atoms with Crippen molar-refractivity contribution in [2.45, 2.75) is 57.7 Å². The molecule has 1 saturated heterocycles. The summed E-state index contributed by atoms with van der Waals surface area (Å²) in [5.74, 6) is -0.122. The molecule has 0 radical (unpaired) electrons. The van der Waals surface area contributed by atoms with Crippen LogP contribution in [-0.4, -0.2) is 65.4 Å². The van der Waals surface area contributed by atoms with Crippen molar-refractivity contribution < 1.29 is 14.4 Å². The molecule has 4 amide bonds. The van der Waals surface area contributed by atoms with Crippen molar-refractivity contribution >= 4 is 17.8 Å². The molecule has 0 saturated carbocycles. The number of likely N-dealkylation sites (tertiary alicyclic amines) is 1. The van der Waals surface area contributed by atoms with Crippen molar-refractivity contribution in [3.05, 3.63) is 65.5 Å². The second kappa shape index (κ2) is 11.1. The highest BCUT2D eigenvalue weighted by molar-refractivity contribution is 5.92. The summed E-state index contributed by atoms with van der Waals surface area (Å²) in [4.78, 5) is 46.0. The predicted molar refractivity (Wildman–Crippen MR) is 131 cm³/mol. The quantitative estimate of drug-likeness (QED) is 0.657. The molecule has 1 aliphatic heterocycles. The first-order valence-electron chi connectivity index (χ1n) is 11.8. The number of benzene rings is 1. The number of aromatic nitrogens is 1. The molecule has 8 heteroatoms. The van der Waals surface area contributed by atoms with Crippen LogP contribution in [0, 0.1) is 0 Å². The first-order chi connectivity index (χ1) is 16.2. The van der Waals surface area contributed by atoms with E-state index >= 15 is 0 Å². The zero-order chi connectivity index (χ0) is 24.8. The summed E-state index contributed by atoms with van der Waals surface area (Å²) >= 11 is 0. The standard InChI is InChI=1S/C26H35N5O3/c1-17(2)20-13-14-21(27-16-20)23(19-10-7-6-8-11-19)29-24(32)22-12-9-15-31(22)25(33)18(3)28-26(34)30(4)5/h6-8,10-11,13-14,16-18,22-23H,9,12,15H2,1-5H3,(H,28,34)(H,29,32)/t18-,22+,23+/m1/s1. The Hall–Kier alpha value is -3.42. The fourth-order valence-corrected chi connectivity index (χ4v) is 4.07. The van der Waals surface area contributed by atoms with Gasteiger partial charge >= 0.3 is 6.03 Å². The Balaban J connectivity index is 1.79. The van der Waals surface area contributed by atoms with Crippen LogP contribution >= 0.6 is 0 Å². The van der Waals surface area contributed by atoms with E-state index in [0.717, 1.165) is 23.2 Å². The third kappa shape index (κ3) is 5.92. The Morgan fingerprint density at radius 3 is 2.29 bits per heavy atom. The maximum atomic E-state index is 13.4. The number of carbonyl (C=O) groups is 3. The number of urea groups is 1. The maximum Gasteiger partial charge on any atom is 0.317 e. The van der Waals surface area contributed by atoms with Gasteiger partial charge in [-0.25, -0.2) is 4.79 Å². The average molecular weight is 466 g/mol. The molecule has 1 aromatic heterocycles. The van der Waals surface area contributed by atoms with E-state index in [-0.39, 0.29) is 17.8 Å². The van der Waals surface area contributed by atoms with Crippen molar-refractivity contribution in [2.75, 3.05) is 20.6 Å². The number of hydrogen-bond acceptors (Lipinski definition) is 4. The summed E-state index contributed by atoms with van der Waals surface area (Å²) < 4.78 is 0. The van der Waals surface area contributed by atoms with E-state index in [1.807, 2.05) is 48.7 Å². The molecule has 0 aliphatic carbocycles. The molecule has 182 valence electrons. The van der Waals surface area contributed by atoms with Crippen LogP contribution in [0.15, 0.2) is 48.7 Å². The lowest BCUT2D eigenvalue weighted by atomic mass is 10.00. The minimum Gasteiger partial charge on any atom is -0.342 e. The normalized spacial score (nSPS) is 17.2. The van der Waals surface area contributed by atoms with Crippen LogP contribution in [0.5, 0.6) is 0 Å². The van der Waals surface area contributed by atoms with Gasteiger partial charge in [0.1, 0.15) is 12.1 Å². The molecule has 0 bridgehead atoms.